The summed E-state index contributed by atoms with van der Waals surface area (Å²) < 4.78 is 13.6. The number of carbonyl (C=O) groups excluding carboxylic acids is 1. The number of nitrogens with one attached hydrogen (secondary N) is 1. The first kappa shape index (κ1) is 13.0. The highest BCUT2D eigenvalue weighted by Gasteiger charge is 2.10. The van der Waals surface area contributed by atoms with Gasteiger partial charge in [-0.25, -0.2) is 9.37 Å². The second kappa shape index (κ2) is 5.46. The zero-order valence-corrected chi connectivity index (χ0v) is 11.3. The van der Waals surface area contributed by atoms with E-state index in [4.69, 9.17) is 11.6 Å². The first-order valence-corrected chi connectivity index (χ1v) is 6.12. The van der Waals surface area contributed by atoms with Crippen LogP contribution in [0.1, 0.15) is 10.4 Å². The third-order valence-corrected chi connectivity index (χ3v) is 3.10. The van der Waals surface area contributed by atoms with E-state index in [1.807, 2.05) is 0 Å². The van der Waals surface area contributed by atoms with Gasteiger partial charge in [-0.2, -0.15) is 0 Å². The van der Waals surface area contributed by atoms with Crippen molar-refractivity contribution in [1.29, 1.82) is 0 Å². The molecule has 3 nitrogen and oxygen atoms in total. The van der Waals surface area contributed by atoms with Gasteiger partial charge in [-0.1, -0.05) is 11.6 Å². The molecule has 0 radical (unpaired) electrons. The molecule has 1 aromatic carbocycles. The molecule has 0 aliphatic carbocycles. The van der Waals surface area contributed by atoms with Crippen molar-refractivity contribution in [2.45, 2.75) is 0 Å². The van der Waals surface area contributed by atoms with Crippen LogP contribution < -0.4 is 5.32 Å². The maximum atomic E-state index is 13.0. The van der Waals surface area contributed by atoms with Gasteiger partial charge < -0.3 is 5.32 Å². The summed E-state index contributed by atoms with van der Waals surface area (Å²) >= 11 is 8.87. The van der Waals surface area contributed by atoms with E-state index in [2.05, 4.69) is 26.2 Å². The van der Waals surface area contributed by atoms with Crippen molar-refractivity contribution in [3.05, 3.63) is 57.4 Å². The van der Waals surface area contributed by atoms with Crippen molar-refractivity contribution in [3.8, 4) is 0 Å². The van der Waals surface area contributed by atoms with Crippen LogP contribution >= 0.6 is 27.5 Å². The first-order chi connectivity index (χ1) is 8.58. The molecule has 0 unspecified atom stereocenters. The summed E-state index contributed by atoms with van der Waals surface area (Å²) in [5.41, 5.74) is 0.263. The van der Waals surface area contributed by atoms with Crippen LogP contribution in [-0.4, -0.2) is 10.9 Å². The Morgan fingerprint density at radius 3 is 2.83 bits per heavy atom. The molecule has 0 bridgehead atoms. The minimum Gasteiger partial charge on any atom is -0.306 e. The second-order valence-corrected chi connectivity index (χ2v) is 4.68. The molecule has 2 rings (SSSR count). The molecule has 0 saturated carbocycles. The van der Waals surface area contributed by atoms with Crippen LogP contribution in [0.4, 0.5) is 10.2 Å². The number of benzene rings is 1. The monoisotopic (exact) mass is 328 g/mol. The number of aromatic nitrogens is 1. The molecule has 0 fully saturated rings. The minimum absolute atomic E-state index is 0.0947. The Morgan fingerprint density at radius 2 is 2.17 bits per heavy atom. The number of halogens is 3. The number of carbonyl (C=O) groups is 1. The van der Waals surface area contributed by atoms with E-state index in [0.29, 0.717) is 10.3 Å². The summed E-state index contributed by atoms with van der Waals surface area (Å²) in [6.45, 7) is 0. The normalized spacial score (nSPS) is 10.2. The van der Waals surface area contributed by atoms with Crippen LogP contribution in [0.15, 0.2) is 41.0 Å². The Balaban J connectivity index is 2.22. The van der Waals surface area contributed by atoms with Crippen LogP contribution in [-0.2, 0) is 0 Å². The van der Waals surface area contributed by atoms with Gasteiger partial charge in [0.1, 0.15) is 11.6 Å². The average molecular weight is 330 g/mol. The molecular weight excluding hydrogens is 323 g/mol. The highest BCUT2D eigenvalue weighted by molar-refractivity contribution is 9.10. The molecule has 18 heavy (non-hydrogen) atoms. The maximum absolute atomic E-state index is 13.0. The summed E-state index contributed by atoms with van der Waals surface area (Å²) in [5.74, 6) is -0.577. The molecular formula is C12H7BrClFN2O. The fraction of sp³-hybridized carbons (Fsp3) is 0. The van der Waals surface area contributed by atoms with Crippen molar-refractivity contribution in [3.63, 3.8) is 0 Å². The lowest BCUT2D eigenvalue weighted by molar-refractivity contribution is 0.102. The van der Waals surface area contributed by atoms with Crippen molar-refractivity contribution < 1.29 is 9.18 Å². The third-order valence-electron chi connectivity index (χ3n) is 2.17. The summed E-state index contributed by atoms with van der Waals surface area (Å²) in [5, 5.41) is 2.50. The topological polar surface area (TPSA) is 42.0 Å². The van der Waals surface area contributed by atoms with Crippen molar-refractivity contribution >= 4 is 39.3 Å². The highest BCUT2D eigenvalue weighted by Crippen LogP contribution is 2.20. The standard InChI is InChI=1S/C12H7BrClFN2O/c13-8-2-1-5-16-11(8)17-12(18)7-3-4-10(15)9(14)6-7/h1-6H,(H,16,17,18). The van der Waals surface area contributed by atoms with Crippen molar-refractivity contribution in [2.24, 2.45) is 0 Å². The molecule has 0 atom stereocenters. The SMILES string of the molecule is O=C(Nc1ncccc1Br)c1ccc(F)c(Cl)c1. The third kappa shape index (κ3) is 2.86. The lowest BCUT2D eigenvalue weighted by Gasteiger charge is -2.06. The molecule has 1 aromatic heterocycles. The number of hydrogen-bond acceptors (Lipinski definition) is 2. The van der Waals surface area contributed by atoms with Gasteiger partial charge in [-0.05, 0) is 46.3 Å². The fourth-order valence-electron chi connectivity index (χ4n) is 1.29. The van der Waals surface area contributed by atoms with Crippen molar-refractivity contribution in [2.75, 3.05) is 5.32 Å². The molecule has 0 aliphatic rings. The molecule has 6 heteroatoms. The van der Waals surface area contributed by atoms with E-state index >= 15 is 0 Å². The van der Waals surface area contributed by atoms with E-state index < -0.39 is 11.7 Å². The van der Waals surface area contributed by atoms with Crippen LogP contribution in [0.2, 0.25) is 5.02 Å². The van der Waals surface area contributed by atoms with E-state index in [0.717, 1.165) is 6.07 Å². The number of anilines is 1. The minimum atomic E-state index is -0.563. The molecule has 92 valence electrons. The lowest BCUT2D eigenvalue weighted by atomic mass is 10.2. The summed E-state index contributed by atoms with van der Waals surface area (Å²) in [7, 11) is 0. The van der Waals surface area contributed by atoms with E-state index in [1.54, 1.807) is 18.3 Å². The van der Waals surface area contributed by atoms with Gasteiger partial charge in [-0.15, -0.1) is 0 Å². The zero-order chi connectivity index (χ0) is 13.1. The molecule has 0 spiro atoms. The highest BCUT2D eigenvalue weighted by atomic mass is 79.9. The molecule has 1 amide bonds. The Kier molecular flexibility index (Phi) is 3.93. The van der Waals surface area contributed by atoms with Gasteiger partial charge in [0.25, 0.3) is 5.91 Å². The smallest absolute Gasteiger partial charge is 0.256 e. The van der Waals surface area contributed by atoms with Gasteiger partial charge in [0, 0.05) is 11.8 Å². The summed E-state index contributed by atoms with van der Waals surface area (Å²) in [6.07, 6.45) is 1.55. The summed E-state index contributed by atoms with van der Waals surface area (Å²) in [6, 6.07) is 7.25. The first-order valence-electron chi connectivity index (χ1n) is 4.95. The Hall–Kier alpha value is -1.46. The van der Waals surface area contributed by atoms with Gasteiger partial charge in [-0.3, -0.25) is 4.79 Å². The van der Waals surface area contributed by atoms with Crippen LogP contribution in [0, 0.1) is 5.82 Å². The number of rotatable bonds is 2. The van der Waals surface area contributed by atoms with Crippen LogP contribution in [0.25, 0.3) is 0 Å². The lowest BCUT2D eigenvalue weighted by Crippen LogP contribution is -2.13. The van der Waals surface area contributed by atoms with Crippen molar-refractivity contribution in [1.82, 2.24) is 4.98 Å². The number of amides is 1. The molecule has 1 N–H and O–H groups in total. The van der Waals surface area contributed by atoms with E-state index in [-0.39, 0.29) is 10.6 Å². The predicted molar refractivity (Wildman–Crippen MR) is 71.3 cm³/mol. The van der Waals surface area contributed by atoms with Crippen LogP contribution in [0.3, 0.4) is 0 Å². The summed E-state index contributed by atoms with van der Waals surface area (Å²) in [4.78, 5) is 15.9. The van der Waals surface area contributed by atoms with Gasteiger partial charge in [0.15, 0.2) is 0 Å². The second-order valence-electron chi connectivity index (χ2n) is 3.42. The van der Waals surface area contributed by atoms with E-state index in [1.165, 1.54) is 12.1 Å². The number of nitrogens with zero attached hydrogens (tertiary/aromatic N) is 1. The zero-order valence-electron chi connectivity index (χ0n) is 8.95. The predicted octanol–water partition coefficient (Wildman–Crippen LogP) is 3.89. The van der Waals surface area contributed by atoms with Gasteiger partial charge in [0.05, 0.1) is 9.50 Å². The Morgan fingerprint density at radius 1 is 1.39 bits per heavy atom. The van der Waals surface area contributed by atoms with Gasteiger partial charge in [0.2, 0.25) is 0 Å². The van der Waals surface area contributed by atoms with E-state index in [9.17, 15) is 9.18 Å². The van der Waals surface area contributed by atoms with Crippen LogP contribution in [0.5, 0.6) is 0 Å². The number of pyridine rings is 1. The molecule has 2 aromatic rings. The largest absolute Gasteiger partial charge is 0.306 e. The Labute approximate surface area is 116 Å². The quantitative estimate of drug-likeness (QED) is 0.908. The average Bonchev–Trinajstić information content (AvgIpc) is 2.35. The molecule has 0 saturated heterocycles. The Bertz CT molecular complexity index is 606. The molecule has 0 aliphatic heterocycles. The number of hydrogen-bond donors (Lipinski definition) is 1. The van der Waals surface area contributed by atoms with Gasteiger partial charge >= 0.3 is 0 Å². The fourth-order valence-corrected chi connectivity index (χ4v) is 1.83. The maximum Gasteiger partial charge on any atom is 0.256 e. The molecule has 1 heterocycles.